The molecule has 6 heavy (non-hydrogen) atoms. The summed E-state index contributed by atoms with van der Waals surface area (Å²) < 4.78 is 0. The van der Waals surface area contributed by atoms with E-state index in [0.29, 0.717) is 0 Å². The van der Waals surface area contributed by atoms with Crippen LogP contribution in [0, 0.1) is 0 Å². The van der Waals surface area contributed by atoms with E-state index in [-0.39, 0.29) is 5.03 Å². The van der Waals surface area contributed by atoms with E-state index in [1.54, 1.807) is 0 Å². The minimum absolute atomic E-state index is 0.259. The van der Waals surface area contributed by atoms with Crippen LogP contribution in [0.1, 0.15) is 0 Å². The normalized spacial score (nSPS) is 11.2. The van der Waals surface area contributed by atoms with Gasteiger partial charge in [0.15, 0.2) is 0 Å². The Hall–Kier alpha value is -0.430. The van der Waals surface area contributed by atoms with Crippen molar-refractivity contribution in [1.29, 1.82) is 0 Å². The molecule has 0 amide bonds. The van der Waals surface area contributed by atoms with Crippen molar-refractivity contribution in [1.82, 2.24) is 0 Å². The lowest BCUT2D eigenvalue weighted by Gasteiger charge is -1.74. The number of aliphatic hydroxyl groups excluding tert-OH is 1. The van der Waals surface area contributed by atoms with Crippen molar-refractivity contribution in [3.05, 3.63) is 23.9 Å². The minimum Gasteiger partial charge on any atom is -0.514 e. The zero-order valence-electron chi connectivity index (χ0n) is 3.19. The third-order valence-corrected chi connectivity index (χ3v) is 0.570. The fourth-order valence-electron chi connectivity index (χ4n) is 0.0527. The van der Waals surface area contributed by atoms with Crippen LogP contribution in [0.4, 0.5) is 0 Å². The molecular weight excluding hydrogens is 99.5 g/mol. The van der Waals surface area contributed by atoms with E-state index in [2.05, 4.69) is 6.58 Å². The maximum atomic E-state index is 7.97. The van der Waals surface area contributed by atoms with Gasteiger partial charge in [-0.3, -0.25) is 0 Å². The summed E-state index contributed by atoms with van der Waals surface area (Å²) in [6, 6.07) is 0. The summed E-state index contributed by atoms with van der Waals surface area (Å²) in [6.07, 6.45) is 2.14. The van der Waals surface area contributed by atoms with Crippen LogP contribution in [0.5, 0.6) is 0 Å². The molecule has 0 unspecified atom stereocenters. The molecule has 0 spiro atoms. The minimum atomic E-state index is 0.259. The number of hydrogen-bond acceptors (Lipinski definition) is 1. The van der Waals surface area contributed by atoms with Crippen molar-refractivity contribution in [2.75, 3.05) is 0 Å². The van der Waals surface area contributed by atoms with Crippen molar-refractivity contribution < 1.29 is 5.11 Å². The van der Waals surface area contributed by atoms with Gasteiger partial charge in [-0.25, -0.2) is 0 Å². The first-order valence-electron chi connectivity index (χ1n) is 1.43. The van der Waals surface area contributed by atoms with E-state index < -0.39 is 0 Å². The first-order valence-corrected chi connectivity index (χ1v) is 1.81. The molecule has 0 aromatic heterocycles. The summed E-state index contributed by atoms with van der Waals surface area (Å²) in [7, 11) is 0. The molecule has 1 N–H and O–H groups in total. The molecule has 1 nitrogen and oxygen atoms in total. The third kappa shape index (κ3) is 1.85. The number of allylic oxidation sites excluding steroid dienone is 2. The van der Waals surface area contributed by atoms with Crippen molar-refractivity contribution in [2.24, 2.45) is 0 Å². The van der Waals surface area contributed by atoms with Gasteiger partial charge < -0.3 is 5.11 Å². The highest BCUT2D eigenvalue weighted by Crippen LogP contribution is 1.96. The smallest absolute Gasteiger partial charge is 0.0977 e. The Balaban J connectivity index is 3.50. The summed E-state index contributed by atoms with van der Waals surface area (Å²) in [5.41, 5.74) is 0. The Morgan fingerprint density at radius 3 is 2.33 bits per heavy atom. The molecular formula is C4H5ClO. The Kier molecular flexibility index (Phi) is 2.59. The largest absolute Gasteiger partial charge is 0.514 e. The Morgan fingerprint density at radius 2 is 2.33 bits per heavy atom. The summed E-state index contributed by atoms with van der Waals surface area (Å²) in [5.74, 6) is 0. The van der Waals surface area contributed by atoms with E-state index in [1.807, 2.05) is 0 Å². The van der Waals surface area contributed by atoms with Gasteiger partial charge in [-0.1, -0.05) is 18.2 Å². The van der Waals surface area contributed by atoms with E-state index in [4.69, 9.17) is 16.7 Å². The van der Waals surface area contributed by atoms with Crippen molar-refractivity contribution >= 4 is 11.6 Å². The van der Waals surface area contributed by atoms with Crippen LogP contribution < -0.4 is 0 Å². The second-order valence-electron chi connectivity index (χ2n) is 0.718. The average Bonchev–Trinajstić information content (AvgIpc) is 1.65. The van der Waals surface area contributed by atoms with Crippen LogP contribution in [0.2, 0.25) is 0 Å². The molecule has 0 radical (unpaired) electrons. The molecule has 0 fully saturated rings. The van der Waals surface area contributed by atoms with Gasteiger partial charge in [-0.15, -0.1) is 0 Å². The summed E-state index contributed by atoms with van der Waals surface area (Å²) in [6.45, 7) is 3.27. The molecule has 0 rings (SSSR count). The van der Waals surface area contributed by atoms with E-state index in [1.165, 1.54) is 6.08 Å². The SMILES string of the molecule is C=CC(Cl)=CO. The van der Waals surface area contributed by atoms with Gasteiger partial charge in [0.1, 0.15) is 0 Å². The van der Waals surface area contributed by atoms with E-state index in [0.717, 1.165) is 6.26 Å². The zero-order chi connectivity index (χ0) is 4.99. The van der Waals surface area contributed by atoms with Crippen LogP contribution in [0.25, 0.3) is 0 Å². The van der Waals surface area contributed by atoms with Gasteiger partial charge in [0.25, 0.3) is 0 Å². The molecule has 0 bridgehead atoms. The maximum absolute atomic E-state index is 7.97. The van der Waals surface area contributed by atoms with Crippen molar-refractivity contribution in [2.45, 2.75) is 0 Å². The van der Waals surface area contributed by atoms with Crippen LogP contribution in [0.15, 0.2) is 23.9 Å². The Morgan fingerprint density at radius 1 is 1.83 bits per heavy atom. The third-order valence-electron chi connectivity index (χ3n) is 0.318. The van der Waals surface area contributed by atoms with Crippen LogP contribution >= 0.6 is 11.6 Å². The summed E-state index contributed by atoms with van der Waals surface area (Å²) >= 11 is 5.14. The lowest BCUT2D eigenvalue weighted by molar-refractivity contribution is 0.472. The lowest BCUT2D eigenvalue weighted by atomic mass is 10.6. The first-order chi connectivity index (χ1) is 2.81. The molecule has 0 aliphatic rings. The molecule has 0 saturated carbocycles. The van der Waals surface area contributed by atoms with E-state index in [9.17, 15) is 0 Å². The molecule has 0 aliphatic heterocycles. The summed E-state index contributed by atoms with van der Waals surface area (Å²) in [5, 5.41) is 8.23. The van der Waals surface area contributed by atoms with Gasteiger partial charge in [0, 0.05) is 0 Å². The van der Waals surface area contributed by atoms with Crippen LogP contribution in [0.3, 0.4) is 0 Å². The highest BCUT2D eigenvalue weighted by molar-refractivity contribution is 6.30. The number of hydrogen-bond donors (Lipinski definition) is 1. The molecule has 0 aromatic carbocycles. The number of halogens is 1. The fourth-order valence-corrected chi connectivity index (χ4v) is 0.0527. The topological polar surface area (TPSA) is 20.2 Å². The maximum Gasteiger partial charge on any atom is 0.0977 e. The molecule has 0 heterocycles. The predicted molar refractivity (Wildman–Crippen MR) is 26.8 cm³/mol. The second kappa shape index (κ2) is 2.79. The highest BCUT2D eigenvalue weighted by Gasteiger charge is 1.72. The van der Waals surface area contributed by atoms with Gasteiger partial charge in [0.05, 0.1) is 11.3 Å². The van der Waals surface area contributed by atoms with Crippen molar-refractivity contribution in [3.8, 4) is 0 Å². The molecule has 2 heteroatoms. The Bertz CT molecular complexity index is 75.6. The molecule has 0 saturated heterocycles. The first kappa shape index (κ1) is 5.57. The van der Waals surface area contributed by atoms with Gasteiger partial charge in [-0.05, 0) is 6.08 Å². The standard InChI is InChI=1S/C4H5ClO/c1-2-4(5)3-6/h2-3,6H,1H2. The zero-order valence-corrected chi connectivity index (χ0v) is 3.94. The van der Waals surface area contributed by atoms with Gasteiger partial charge in [-0.2, -0.15) is 0 Å². The summed E-state index contributed by atoms with van der Waals surface area (Å²) in [4.78, 5) is 0. The predicted octanol–water partition coefficient (Wildman–Crippen LogP) is 1.81. The number of aliphatic hydroxyl groups is 1. The monoisotopic (exact) mass is 104 g/mol. The molecule has 0 atom stereocenters. The highest BCUT2D eigenvalue weighted by atomic mass is 35.5. The quantitative estimate of drug-likeness (QED) is 0.397. The fraction of sp³-hybridized carbons (Fsp3) is 0. The molecule has 34 valence electrons. The van der Waals surface area contributed by atoms with Crippen molar-refractivity contribution in [3.63, 3.8) is 0 Å². The average molecular weight is 105 g/mol. The molecule has 0 aliphatic carbocycles. The second-order valence-corrected chi connectivity index (χ2v) is 1.15. The van der Waals surface area contributed by atoms with Gasteiger partial charge in [0.2, 0.25) is 0 Å². The lowest BCUT2D eigenvalue weighted by Crippen LogP contribution is -1.55. The number of rotatable bonds is 1. The van der Waals surface area contributed by atoms with Crippen LogP contribution in [-0.4, -0.2) is 5.11 Å². The van der Waals surface area contributed by atoms with Gasteiger partial charge >= 0.3 is 0 Å². The Labute approximate surface area is 41.6 Å². The van der Waals surface area contributed by atoms with E-state index >= 15 is 0 Å². The molecule has 0 aromatic rings. The van der Waals surface area contributed by atoms with Crippen LogP contribution in [-0.2, 0) is 0 Å².